The number of fused-ring (bicyclic) bond motifs is 1. The van der Waals surface area contributed by atoms with Gasteiger partial charge in [-0.05, 0) is 30.7 Å². The molecule has 2 aromatic carbocycles. The highest BCUT2D eigenvalue weighted by atomic mass is 35.5. The van der Waals surface area contributed by atoms with Crippen LogP contribution in [0.2, 0.25) is 5.02 Å². The van der Waals surface area contributed by atoms with Crippen LogP contribution in [0.5, 0.6) is 0 Å². The van der Waals surface area contributed by atoms with E-state index in [2.05, 4.69) is 10.3 Å². The number of rotatable bonds is 3. The molecule has 0 aliphatic carbocycles. The lowest BCUT2D eigenvalue weighted by Crippen LogP contribution is -2.18. The number of anilines is 1. The van der Waals surface area contributed by atoms with Crippen molar-refractivity contribution in [3.8, 4) is 0 Å². The molecule has 3 nitrogen and oxygen atoms in total. The maximum Gasteiger partial charge on any atom is 0.233 e. The zero-order valence-electron chi connectivity index (χ0n) is 11.3. The molecule has 5 heteroatoms. The quantitative estimate of drug-likeness (QED) is 0.761. The summed E-state index contributed by atoms with van der Waals surface area (Å²) in [4.78, 5) is 16.7. The van der Waals surface area contributed by atoms with E-state index in [9.17, 15) is 4.79 Å². The van der Waals surface area contributed by atoms with Crippen LogP contribution in [0.15, 0.2) is 48.5 Å². The third-order valence-corrected chi connectivity index (χ3v) is 4.44. The lowest BCUT2D eigenvalue weighted by Gasteiger charge is -2.10. The Labute approximate surface area is 131 Å². The molecular weight excluding hydrogens is 304 g/mol. The van der Waals surface area contributed by atoms with Gasteiger partial charge in [0.2, 0.25) is 5.91 Å². The van der Waals surface area contributed by atoms with Crippen LogP contribution in [0, 0.1) is 0 Å². The van der Waals surface area contributed by atoms with Gasteiger partial charge in [0, 0.05) is 5.02 Å². The SMILES string of the molecule is C[C@@H](C(=O)Nc1nc2ccc(Cl)cc2s1)c1ccccc1. The van der Waals surface area contributed by atoms with Crippen LogP contribution < -0.4 is 5.32 Å². The van der Waals surface area contributed by atoms with Gasteiger partial charge < -0.3 is 5.32 Å². The summed E-state index contributed by atoms with van der Waals surface area (Å²) in [7, 11) is 0. The van der Waals surface area contributed by atoms with Crippen molar-refractivity contribution in [3.63, 3.8) is 0 Å². The van der Waals surface area contributed by atoms with Gasteiger partial charge in [-0.25, -0.2) is 4.98 Å². The van der Waals surface area contributed by atoms with E-state index in [1.54, 1.807) is 6.07 Å². The normalized spacial score (nSPS) is 12.3. The van der Waals surface area contributed by atoms with Crippen molar-refractivity contribution < 1.29 is 4.79 Å². The van der Waals surface area contributed by atoms with Crippen LogP contribution in [0.25, 0.3) is 10.2 Å². The highest BCUT2D eigenvalue weighted by Gasteiger charge is 2.16. The first kappa shape index (κ1) is 14.0. The van der Waals surface area contributed by atoms with Crippen molar-refractivity contribution in [1.82, 2.24) is 4.98 Å². The minimum atomic E-state index is -0.221. The smallest absolute Gasteiger partial charge is 0.233 e. The van der Waals surface area contributed by atoms with Gasteiger partial charge in [0.05, 0.1) is 16.1 Å². The fourth-order valence-electron chi connectivity index (χ4n) is 2.06. The lowest BCUT2D eigenvalue weighted by molar-refractivity contribution is -0.117. The summed E-state index contributed by atoms with van der Waals surface area (Å²) in [6.45, 7) is 1.88. The first-order valence-corrected chi connectivity index (χ1v) is 7.75. The van der Waals surface area contributed by atoms with E-state index in [1.807, 2.05) is 49.4 Å². The van der Waals surface area contributed by atoms with Gasteiger partial charge in [0.15, 0.2) is 5.13 Å². The van der Waals surface area contributed by atoms with Gasteiger partial charge in [-0.2, -0.15) is 0 Å². The van der Waals surface area contributed by atoms with E-state index in [0.717, 1.165) is 15.8 Å². The first-order chi connectivity index (χ1) is 10.1. The number of nitrogens with one attached hydrogen (secondary N) is 1. The van der Waals surface area contributed by atoms with Crippen molar-refractivity contribution in [2.75, 3.05) is 5.32 Å². The monoisotopic (exact) mass is 316 g/mol. The van der Waals surface area contributed by atoms with Crippen molar-refractivity contribution in [1.29, 1.82) is 0 Å². The molecule has 1 N–H and O–H groups in total. The molecule has 0 unspecified atom stereocenters. The second-order valence-corrected chi connectivity index (χ2v) is 6.22. The van der Waals surface area contributed by atoms with Crippen molar-refractivity contribution in [3.05, 3.63) is 59.1 Å². The van der Waals surface area contributed by atoms with Crippen LogP contribution in [0.1, 0.15) is 18.4 Å². The molecule has 0 aliphatic rings. The fraction of sp³-hybridized carbons (Fsp3) is 0.125. The van der Waals surface area contributed by atoms with E-state index in [1.165, 1.54) is 11.3 Å². The molecule has 0 fully saturated rings. The summed E-state index contributed by atoms with van der Waals surface area (Å²) in [5.41, 5.74) is 1.83. The Balaban J connectivity index is 1.80. The Morgan fingerprint density at radius 3 is 2.76 bits per heavy atom. The minimum absolute atomic E-state index is 0.0636. The van der Waals surface area contributed by atoms with Gasteiger partial charge in [0.25, 0.3) is 0 Å². The largest absolute Gasteiger partial charge is 0.301 e. The lowest BCUT2D eigenvalue weighted by atomic mass is 10.0. The summed E-state index contributed by atoms with van der Waals surface area (Å²) in [6.07, 6.45) is 0. The molecular formula is C16H13ClN2OS. The average Bonchev–Trinajstić information content (AvgIpc) is 2.88. The highest BCUT2D eigenvalue weighted by molar-refractivity contribution is 7.22. The van der Waals surface area contributed by atoms with E-state index in [-0.39, 0.29) is 11.8 Å². The molecule has 106 valence electrons. The van der Waals surface area contributed by atoms with Crippen LogP contribution in [-0.2, 0) is 4.79 Å². The van der Waals surface area contributed by atoms with Gasteiger partial charge in [-0.15, -0.1) is 0 Å². The molecule has 0 aliphatic heterocycles. The van der Waals surface area contributed by atoms with Crippen LogP contribution in [0.4, 0.5) is 5.13 Å². The predicted molar refractivity (Wildman–Crippen MR) is 88.1 cm³/mol. The minimum Gasteiger partial charge on any atom is -0.301 e. The molecule has 0 spiro atoms. The topological polar surface area (TPSA) is 42.0 Å². The van der Waals surface area contributed by atoms with E-state index < -0.39 is 0 Å². The van der Waals surface area contributed by atoms with Crippen LogP contribution >= 0.6 is 22.9 Å². The summed E-state index contributed by atoms with van der Waals surface area (Å²) in [6, 6.07) is 15.2. The van der Waals surface area contributed by atoms with Crippen molar-refractivity contribution in [2.24, 2.45) is 0 Å². The Hall–Kier alpha value is -1.91. The fourth-order valence-corrected chi connectivity index (χ4v) is 3.20. The number of aromatic nitrogens is 1. The number of benzene rings is 2. The molecule has 1 atom stereocenters. The third kappa shape index (κ3) is 3.06. The first-order valence-electron chi connectivity index (χ1n) is 6.55. The molecule has 21 heavy (non-hydrogen) atoms. The second-order valence-electron chi connectivity index (χ2n) is 4.75. The molecule has 0 saturated heterocycles. The average molecular weight is 317 g/mol. The molecule has 1 heterocycles. The van der Waals surface area contributed by atoms with E-state index in [0.29, 0.717) is 10.2 Å². The Morgan fingerprint density at radius 2 is 2.00 bits per heavy atom. The van der Waals surface area contributed by atoms with Gasteiger partial charge >= 0.3 is 0 Å². The number of carbonyl (C=O) groups is 1. The summed E-state index contributed by atoms with van der Waals surface area (Å²) in [5, 5.41) is 4.14. The maximum absolute atomic E-state index is 12.3. The molecule has 0 saturated carbocycles. The number of halogens is 1. The number of thiazole rings is 1. The highest BCUT2D eigenvalue weighted by Crippen LogP contribution is 2.29. The number of hydrogen-bond acceptors (Lipinski definition) is 3. The standard InChI is InChI=1S/C16H13ClN2OS/c1-10(11-5-3-2-4-6-11)15(20)19-16-18-13-8-7-12(17)9-14(13)21-16/h2-10H,1H3,(H,18,19,20)/t10-/m1/s1. The van der Waals surface area contributed by atoms with E-state index in [4.69, 9.17) is 11.6 Å². The zero-order chi connectivity index (χ0) is 14.8. The predicted octanol–water partition coefficient (Wildman–Crippen LogP) is 4.69. The van der Waals surface area contributed by atoms with Gasteiger partial charge in [0.1, 0.15) is 0 Å². The second kappa shape index (κ2) is 5.84. The zero-order valence-corrected chi connectivity index (χ0v) is 12.9. The van der Waals surface area contributed by atoms with E-state index >= 15 is 0 Å². The van der Waals surface area contributed by atoms with Crippen LogP contribution in [0.3, 0.4) is 0 Å². The van der Waals surface area contributed by atoms with Crippen LogP contribution in [-0.4, -0.2) is 10.9 Å². The maximum atomic E-state index is 12.3. The number of hydrogen-bond donors (Lipinski definition) is 1. The molecule has 3 aromatic rings. The van der Waals surface area contributed by atoms with Crippen molar-refractivity contribution in [2.45, 2.75) is 12.8 Å². The number of nitrogens with zero attached hydrogens (tertiary/aromatic N) is 1. The number of amides is 1. The van der Waals surface area contributed by atoms with Gasteiger partial charge in [-0.1, -0.05) is 53.3 Å². The van der Waals surface area contributed by atoms with Gasteiger partial charge in [-0.3, -0.25) is 4.79 Å². The molecule has 3 rings (SSSR count). The number of carbonyl (C=O) groups excluding carboxylic acids is 1. The molecule has 0 radical (unpaired) electrons. The van der Waals surface area contributed by atoms with Crippen molar-refractivity contribution >= 4 is 44.2 Å². The molecule has 0 bridgehead atoms. The summed E-state index contributed by atoms with van der Waals surface area (Å²) in [5.74, 6) is -0.284. The summed E-state index contributed by atoms with van der Waals surface area (Å²) < 4.78 is 0.963. The summed E-state index contributed by atoms with van der Waals surface area (Å²) >= 11 is 7.38. The molecule has 1 aromatic heterocycles. The third-order valence-electron chi connectivity index (χ3n) is 3.27. The Kier molecular flexibility index (Phi) is 3.90. The molecule has 1 amide bonds. The Bertz CT molecular complexity index is 785. The Morgan fingerprint density at radius 1 is 1.24 bits per heavy atom.